The summed E-state index contributed by atoms with van der Waals surface area (Å²) in [5, 5.41) is 0. The van der Waals surface area contributed by atoms with Crippen LogP contribution in [0.1, 0.15) is 6.92 Å². The van der Waals surface area contributed by atoms with Crippen LogP contribution in [0.15, 0.2) is 24.5 Å². The van der Waals surface area contributed by atoms with Crippen LogP contribution in [0.25, 0.3) is 0 Å². The minimum absolute atomic E-state index is 0.368. The van der Waals surface area contributed by atoms with E-state index in [2.05, 4.69) is 4.74 Å². The molecule has 0 aromatic rings. The first kappa shape index (κ1) is 7.65. The minimum Gasteiger partial charge on any atom is -0.466 e. The van der Waals surface area contributed by atoms with E-state index < -0.39 is 6.10 Å². The van der Waals surface area contributed by atoms with Gasteiger partial charge in [0.2, 0.25) is 0 Å². The molecule has 0 aromatic heterocycles. The van der Waals surface area contributed by atoms with Crippen molar-refractivity contribution in [3.8, 4) is 0 Å². The molecule has 0 aromatic carbocycles. The molecular formula is C7H8O4. The number of carbonyl (C=O) groups is 1. The Morgan fingerprint density at radius 2 is 2.45 bits per heavy atom. The topological polar surface area (TPSA) is 44.8 Å². The van der Waals surface area contributed by atoms with Crippen LogP contribution in [0.3, 0.4) is 0 Å². The smallest absolute Gasteiger partial charge is 0.293 e. The van der Waals surface area contributed by atoms with Gasteiger partial charge in [-0.05, 0) is 6.92 Å². The summed E-state index contributed by atoms with van der Waals surface area (Å²) in [5.74, 6) is 0.472. The molecular weight excluding hydrogens is 148 g/mol. The first-order valence-corrected chi connectivity index (χ1v) is 3.11. The van der Waals surface area contributed by atoms with Gasteiger partial charge in [0, 0.05) is 0 Å². The molecule has 4 heteroatoms. The average molecular weight is 156 g/mol. The lowest BCUT2D eigenvalue weighted by atomic mass is 10.3. The van der Waals surface area contributed by atoms with Crippen molar-refractivity contribution in [3.63, 3.8) is 0 Å². The van der Waals surface area contributed by atoms with Gasteiger partial charge < -0.3 is 14.2 Å². The molecule has 1 atom stereocenters. The van der Waals surface area contributed by atoms with E-state index >= 15 is 0 Å². The Balaban J connectivity index is 2.45. The molecule has 4 nitrogen and oxygen atoms in total. The molecule has 1 unspecified atom stereocenters. The monoisotopic (exact) mass is 156 g/mol. The van der Waals surface area contributed by atoms with Crippen LogP contribution in [-0.4, -0.2) is 12.6 Å². The van der Waals surface area contributed by atoms with Crippen LogP contribution in [0, 0.1) is 0 Å². The number of ether oxygens (including phenoxy) is 3. The second kappa shape index (κ2) is 3.65. The van der Waals surface area contributed by atoms with Crippen LogP contribution in [0.4, 0.5) is 0 Å². The van der Waals surface area contributed by atoms with Crippen molar-refractivity contribution in [1.29, 1.82) is 0 Å². The molecule has 11 heavy (non-hydrogen) atoms. The van der Waals surface area contributed by atoms with Crippen molar-refractivity contribution in [1.82, 2.24) is 0 Å². The van der Waals surface area contributed by atoms with Crippen LogP contribution in [0.5, 0.6) is 0 Å². The van der Waals surface area contributed by atoms with E-state index in [0.717, 1.165) is 0 Å². The van der Waals surface area contributed by atoms with Gasteiger partial charge in [-0.3, -0.25) is 4.79 Å². The Bertz CT molecular complexity index is 195. The van der Waals surface area contributed by atoms with Crippen molar-refractivity contribution < 1.29 is 19.0 Å². The lowest BCUT2D eigenvalue weighted by Crippen LogP contribution is -2.13. The quantitative estimate of drug-likeness (QED) is 0.569. The summed E-state index contributed by atoms with van der Waals surface area (Å²) in [7, 11) is 0. The molecule has 60 valence electrons. The lowest BCUT2D eigenvalue weighted by molar-refractivity contribution is -0.132. The molecule has 0 spiro atoms. The third-order valence-electron chi connectivity index (χ3n) is 1.18. The van der Waals surface area contributed by atoms with Gasteiger partial charge in [0.05, 0.1) is 0 Å². The Hall–Kier alpha value is -1.45. The van der Waals surface area contributed by atoms with Crippen molar-refractivity contribution in [2.75, 3.05) is 0 Å². The maximum absolute atomic E-state index is 9.89. The number of hydrogen-bond donors (Lipinski definition) is 0. The van der Waals surface area contributed by atoms with E-state index in [1.54, 1.807) is 6.92 Å². The Labute approximate surface area is 64.0 Å². The van der Waals surface area contributed by atoms with Gasteiger partial charge in [0.25, 0.3) is 6.47 Å². The predicted octanol–water partition coefficient (Wildman–Crippen LogP) is 0.907. The molecule has 1 aliphatic heterocycles. The fourth-order valence-electron chi connectivity index (χ4n) is 0.615. The third kappa shape index (κ3) is 2.00. The highest BCUT2D eigenvalue weighted by Crippen LogP contribution is 2.11. The average Bonchev–Trinajstić information content (AvgIpc) is 2.07. The highest BCUT2D eigenvalue weighted by Gasteiger charge is 2.12. The highest BCUT2D eigenvalue weighted by atomic mass is 16.6. The molecule has 0 N–H and O–H groups in total. The second-order valence-corrected chi connectivity index (χ2v) is 1.92. The van der Waals surface area contributed by atoms with Crippen LogP contribution in [-0.2, 0) is 19.0 Å². The zero-order valence-corrected chi connectivity index (χ0v) is 6.02. The molecule has 1 aliphatic rings. The van der Waals surface area contributed by atoms with E-state index in [0.29, 0.717) is 12.2 Å². The van der Waals surface area contributed by atoms with Gasteiger partial charge in [-0.25, -0.2) is 0 Å². The molecule has 0 bridgehead atoms. The fraction of sp³-hybridized carbons (Fsp3) is 0.286. The maximum atomic E-state index is 9.89. The summed E-state index contributed by atoms with van der Waals surface area (Å²) >= 11 is 0. The van der Waals surface area contributed by atoms with E-state index in [-0.39, 0.29) is 0 Å². The molecule has 0 saturated heterocycles. The molecule has 0 aliphatic carbocycles. The first-order valence-electron chi connectivity index (χ1n) is 3.11. The number of rotatable bonds is 3. The summed E-state index contributed by atoms with van der Waals surface area (Å²) in [4.78, 5) is 9.89. The standard InChI is InChI=1S/C7H8O4/c1-6(11-5-8)7-4-9-2-3-10-7/h2-6H,1H3. The summed E-state index contributed by atoms with van der Waals surface area (Å²) < 4.78 is 14.3. The Morgan fingerprint density at radius 1 is 1.64 bits per heavy atom. The van der Waals surface area contributed by atoms with E-state index in [4.69, 9.17) is 9.47 Å². The molecule has 0 fully saturated rings. The van der Waals surface area contributed by atoms with Gasteiger partial charge >= 0.3 is 0 Å². The second-order valence-electron chi connectivity index (χ2n) is 1.92. The summed E-state index contributed by atoms with van der Waals surface area (Å²) in [6.45, 7) is 2.05. The number of hydrogen-bond acceptors (Lipinski definition) is 4. The highest BCUT2D eigenvalue weighted by molar-refractivity contribution is 5.38. The van der Waals surface area contributed by atoms with Gasteiger partial charge in [0.15, 0.2) is 11.9 Å². The zero-order chi connectivity index (χ0) is 8.10. The largest absolute Gasteiger partial charge is 0.466 e. The van der Waals surface area contributed by atoms with Gasteiger partial charge in [-0.1, -0.05) is 0 Å². The predicted molar refractivity (Wildman–Crippen MR) is 36.0 cm³/mol. The van der Waals surface area contributed by atoms with Crippen molar-refractivity contribution in [3.05, 3.63) is 24.5 Å². The van der Waals surface area contributed by atoms with E-state index in [9.17, 15) is 4.79 Å². The van der Waals surface area contributed by atoms with Crippen LogP contribution >= 0.6 is 0 Å². The van der Waals surface area contributed by atoms with Crippen LogP contribution < -0.4 is 0 Å². The first-order chi connectivity index (χ1) is 5.34. The SMILES string of the molecule is CC(OC=O)C1=COC=CO1. The summed E-state index contributed by atoms with van der Waals surface area (Å²) in [6.07, 6.45) is 3.74. The van der Waals surface area contributed by atoms with Crippen LogP contribution in [0.2, 0.25) is 0 Å². The van der Waals surface area contributed by atoms with Gasteiger partial charge in [-0.2, -0.15) is 0 Å². The molecule has 1 heterocycles. The molecule has 1 rings (SSSR count). The van der Waals surface area contributed by atoms with Crippen molar-refractivity contribution in [2.45, 2.75) is 13.0 Å². The number of carbonyl (C=O) groups excluding carboxylic acids is 1. The van der Waals surface area contributed by atoms with E-state index in [1.807, 2.05) is 0 Å². The minimum atomic E-state index is -0.405. The zero-order valence-electron chi connectivity index (χ0n) is 6.02. The molecule has 0 radical (unpaired) electrons. The summed E-state index contributed by atoms with van der Waals surface area (Å²) in [5.41, 5.74) is 0. The third-order valence-corrected chi connectivity index (χ3v) is 1.18. The maximum Gasteiger partial charge on any atom is 0.293 e. The molecule has 0 amide bonds. The van der Waals surface area contributed by atoms with Gasteiger partial charge in [0.1, 0.15) is 18.8 Å². The normalized spacial score (nSPS) is 17.4. The van der Waals surface area contributed by atoms with Crippen molar-refractivity contribution in [2.24, 2.45) is 0 Å². The fourth-order valence-corrected chi connectivity index (χ4v) is 0.615. The van der Waals surface area contributed by atoms with E-state index in [1.165, 1.54) is 18.8 Å². The summed E-state index contributed by atoms with van der Waals surface area (Å²) in [6, 6.07) is 0. The molecule has 0 saturated carbocycles. The lowest BCUT2D eigenvalue weighted by Gasteiger charge is -2.14. The Kier molecular flexibility index (Phi) is 2.54. The van der Waals surface area contributed by atoms with Crippen molar-refractivity contribution >= 4 is 6.47 Å². The Morgan fingerprint density at radius 3 is 3.00 bits per heavy atom. The van der Waals surface area contributed by atoms with Gasteiger partial charge in [-0.15, -0.1) is 0 Å².